The molecule has 1 saturated heterocycles. The molecule has 2 rings (SSSR count). The Morgan fingerprint density at radius 2 is 2.31 bits per heavy atom. The quantitative estimate of drug-likeness (QED) is 0.789. The van der Waals surface area contributed by atoms with Gasteiger partial charge in [0.2, 0.25) is 0 Å². The lowest BCUT2D eigenvalue weighted by Gasteiger charge is -2.09. The van der Waals surface area contributed by atoms with Gasteiger partial charge in [0.1, 0.15) is 12.4 Å². The number of carbonyl (C=O) groups excluding carboxylic acids is 1. The summed E-state index contributed by atoms with van der Waals surface area (Å²) in [6.07, 6.45) is 0.802. The van der Waals surface area contributed by atoms with Gasteiger partial charge in [-0.25, -0.2) is 4.39 Å². The van der Waals surface area contributed by atoms with E-state index in [1.165, 1.54) is 6.07 Å². The molecule has 86 valence electrons. The van der Waals surface area contributed by atoms with Crippen molar-refractivity contribution in [3.8, 4) is 0 Å². The molecule has 1 atom stereocenters. The zero-order valence-electron chi connectivity index (χ0n) is 8.91. The number of nitrogens with one attached hydrogen (secondary N) is 1. The van der Waals surface area contributed by atoms with Crippen LogP contribution < -0.4 is 5.32 Å². The fourth-order valence-corrected chi connectivity index (χ4v) is 1.74. The number of hydrogen-bond acceptors (Lipinski definition) is 3. The van der Waals surface area contributed by atoms with Gasteiger partial charge >= 0.3 is 5.97 Å². The summed E-state index contributed by atoms with van der Waals surface area (Å²) in [5, 5.41) is 3.09. The molecule has 0 radical (unpaired) electrons. The topological polar surface area (TPSA) is 38.3 Å². The van der Waals surface area contributed by atoms with Crippen molar-refractivity contribution >= 4 is 5.97 Å². The number of rotatable bonds is 3. The summed E-state index contributed by atoms with van der Waals surface area (Å²) in [6, 6.07) is 6.32. The first-order valence-electron chi connectivity index (χ1n) is 5.38. The SMILES string of the molecule is O=C(OCc1ccccc1F)C1CCNC1. The molecule has 1 unspecified atom stereocenters. The lowest BCUT2D eigenvalue weighted by Crippen LogP contribution is -2.20. The molecule has 0 aliphatic carbocycles. The highest BCUT2D eigenvalue weighted by Crippen LogP contribution is 2.12. The third-order valence-electron chi connectivity index (χ3n) is 2.72. The van der Waals surface area contributed by atoms with Crippen molar-refractivity contribution in [3.63, 3.8) is 0 Å². The number of carbonyl (C=O) groups is 1. The van der Waals surface area contributed by atoms with Gasteiger partial charge in [-0.1, -0.05) is 18.2 Å². The maximum atomic E-state index is 13.2. The molecule has 1 aliphatic rings. The highest BCUT2D eigenvalue weighted by Gasteiger charge is 2.23. The smallest absolute Gasteiger partial charge is 0.310 e. The second-order valence-corrected chi connectivity index (χ2v) is 3.89. The van der Waals surface area contributed by atoms with Crippen molar-refractivity contribution in [1.82, 2.24) is 5.32 Å². The predicted molar refractivity (Wildman–Crippen MR) is 57.2 cm³/mol. The average molecular weight is 223 g/mol. The van der Waals surface area contributed by atoms with Crippen molar-refractivity contribution < 1.29 is 13.9 Å². The van der Waals surface area contributed by atoms with Crippen LogP contribution in [0.1, 0.15) is 12.0 Å². The van der Waals surface area contributed by atoms with Gasteiger partial charge in [0.05, 0.1) is 5.92 Å². The van der Waals surface area contributed by atoms with E-state index in [4.69, 9.17) is 4.74 Å². The number of hydrogen-bond donors (Lipinski definition) is 1. The second-order valence-electron chi connectivity index (χ2n) is 3.89. The van der Waals surface area contributed by atoms with E-state index in [2.05, 4.69) is 5.32 Å². The van der Waals surface area contributed by atoms with Gasteiger partial charge in [0.15, 0.2) is 0 Å². The Hall–Kier alpha value is -1.42. The molecule has 1 aromatic rings. The summed E-state index contributed by atoms with van der Waals surface area (Å²) in [6.45, 7) is 1.53. The van der Waals surface area contributed by atoms with Crippen molar-refractivity contribution in [2.45, 2.75) is 13.0 Å². The maximum Gasteiger partial charge on any atom is 0.310 e. The molecule has 16 heavy (non-hydrogen) atoms. The molecular formula is C12H14FNO2. The Labute approximate surface area is 93.6 Å². The number of ether oxygens (including phenoxy) is 1. The molecule has 4 heteroatoms. The van der Waals surface area contributed by atoms with Crippen molar-refractivity contribution in [2.75, 3.05) is 13.1 Å². The van der Waals surface area contributed by atoms with Crippen molar-refractivity contribution in [2.24, 2.45) is 5.92 Å². The van der Waals surface area contributed by atoms with Crippen LogP contribution in [0.15, 0.2) is 24.3 Å². The molecule has 1 aliphatic heterocycles. The summed E-state index contributed by atoms with van der Waals surface area (Å²) in [5.74, 6) is -0.653. The third kappa shape index (κ3) is 2.58. The zero-order valence-corrected chi connectivity index (χ0v) is 8.91. The van der Waals surface area contributed by atoms with Crippen LogP contribution in [0.5, 0.6) is 0 Å². The van der Waals surface area contributed by atoms with Gasteiger partial charge in [-0.05, 0) is 19.0 Å². The standard InChI is InChI=1S/C12H14FNO2/c13-11-4-2-1-3-10(11)8-16-12(15)9-5-6-14-7-9/h1-4,9,14H,5-8H2. The first-order chi connectivity index (χ1) is 7.77. The van der Waals surface area contributed by atoms with E-state index >= 15 is 0 Å². The van der Waals surface area contributed by atoms with Crippen LogP contribution in [0.3, 0.4) is 0 Å². The van der Waals surface area contributed by atoms with E-state index in [1.807, 2.05) is 0 Å². The van der Waals surface area contributed by atoms with Crippen LogP contribution in [0.2, 0.25) is 0 Å². The van der Waals surface area contributed by atoms with Crippen molar-refractivity contribution in [3.05, 3.63) is 35.6 Å². The molecule has 0 spiro atoms. The van der Waals surface area contributed by atoms with E-state index in [1.54, 1.807) is 18.2 Å². The van der Waals surface area contributed by atoms with Crippen LogP contribution in [0, 0.1) is 11.7 Å². The molecule has 0 bridgehead atoms. The largest absolute Gasteiger partial charge is 0.460 e. The second kappa shape index (κ2) is 5.07. The Kier molecular flexibility index (Phi) is 3.51. The van der Waals surface area contributed by atoms with E-state index in [0.29, 0.717) is 12.1 Å². The van der Waals surface area contributed by atoms with Crippen molar-refractivity contribution in [1.29, 1.82) is 0 Å². The van der Waals surface area contributed by atoms with Gasteiger partial charge < -0.3 is 10.1 Å². The lowest BCUT2D eigenvalue weighted by molar-refractivity contribution is -0.149. The number of esters is 1. The lowest BCUT2D eigenvalue weighted by atomic mass is 10.1. The highest BCUT2D eigenvalue weighted by atomic mass is 19.1. The molecule has 0 aromatic heterocycles. The molecule has 3 nitrogen and oxygen atoms in total. The Bertz CT molecular complexity index is 375. The summed E-state index contributed by atoms with van der Waals surface area (Å²) in [4.78, 5) is 11.5. The Balaban J connectivity index is 1.87. The van der Waals surface area contributed by atoms with Crippen LogP contribution in [-0.4, -0.2) is 19.1 Å². The van der Waals surface area contributed by atoms with E-state index in [0.717, 1.165) is 13.0 Å². The normalized spacial score (nSPS) is 19.7. The summed E-state index contributed by atoms with van der Waals surface area (Å²) < 4.78 is 18.3. The number of halogens is 1. The predicted octanol–water partition coefficient (Wildman–Crippen LogP) is 1.48. The minimum Gasteiger partial charge on any atom is -0.460 e. The zero-order chi connectivity index (χ0) is 11.4. The minimum absolute atomic E-state index is 0.0159. The third-order valence-corrected chi connectivity index (χ3v) is 2.72. The fraction of sp³-hybridized carbons (Fsp3) is 0.417. The van der Waals surface area contributed by atoms with Crippen LogP contribution in [0.25, 0.3) is 0 Å². The monoisotopic (exact) mass is 223 g/mol. The van der Waals surface area contributed by atoms with E-state index in [-0.39, 0.29) is 24.3 Å². The molecule has 1 aromatic carbocycles. The molecule has 1 heterocycles. The summed E-state index contributed by atoms with van der Waals surface area (Å²) >= 11 is 0. The molecule has 0 saturated carbocycles. The van der Waals surface area contributed by atoms with Crippen LogP contribution in [-0.2, 0) is 16.1 Å². The first-order valence-corrected chi connectivity index (χ1v) is 5.38. The Morgan fingerprint density at radius 1 is 1.50 bits per heavy atom. The van der Waals surface area contributed by atoms with Gasteiger partial charge in [-0.15, -0.1) is 0 Å². The molecule has 0 amide bonds. The summed E-state index contributed by atoms with van der Waals surface area (Å²) in [7, 11) is 0. The van der Waals surface area contributed by atoms with Crippen LogP contribution in [0.4, 0.5) is 4.39 Å². The van der Waals surface area contributed by atoms with Gasteiger partial charge in [0.25, 0.3) is 0 Å². The minimum atomic E-state index is -0.333. The van der Waals surface area contributed by atoms with Gasteiger partial charge in [-0.3, -0.25) is 4.79 Å². The van der Waals surface area contributed by atoms with Crippen LogP contribution >= 0.6 is 0 Å². The maximum absolute atomic E-state index is 13.2. The average Bonchev–Trinajstić information content (AvgIpc) is 2.81. The molecule has 1 N–H and O–H groups in total. The van der Waals surface area contributed by atoms with E-state index < -0.39 is 0 Å². The van der Waals surface area contributed by atoms with Gasteiger partial charge in [-0.2, -0.15) is 0 Å². The highest BCUT2D eigenvalue weighted by molar-refractivity contribution is 5.73. The first kappa shape index (κ1) is 11.1. The summed E-state index contributed by atoms with van der Waals surface area (Å²) in [5.41, 5.74) is 0.418. The molecule has 1 fully saturated rings. The van der Waals surface area contributed by atoms with E-state index in [9.17, 15) is 9.18 Å². The molecular weight excluding hydrogens is 209 g/mol. The Morgan fingerprint density at radius 3 is 3.00 bits per heavy atom. The number of benzene rings is 1. The van der Waals surface area contributed by atoms with Gasteiger partial charge in [0, 0.05) is 12.1 Å². The fourth-order valence-electron chi connectivity index (χ4n) is 1.74.